The van der Waals surface area contributed by atoms with E-state index in [4.69, 9.17) is 4.42 Å². The maximum Gasteiger partial charge on any atom is 0.297 e. The fraction of sp³-hybridized carbons (Fsp3) is 0.250. The number of furan rings is 1. The van der Waals surface area contributed by atoms with Crippen molar-refractivity contribution >= 4 is 45.4 Å². The highest BCUT2D eigenvalue weighted by Crippen LogP contribution is 2.38. The van der Waals surface area contributed by atoms with Crippen LogP contribution in [0.1, 0.15) is 36.5 Å². The Morgan fingerprint density at radius 2 is 2.06 bits per heavy atom. The summed E-state index contributed by atoms with van der Waals surface area (Å²) in [5, 5.41) is 1.30. The van der Waals surface area contributed by atoms with E-state index >= 15 is 0 Å². The first-order valence-electron chi connectivity index (χ1n) is 10.2. The minimum atomic E-state index is -0.420. The van der Waals surface area contributed by atoms with E-state index in [9.17, 15) is 9.18 Å². The molecule has 0 bridgehead atoms. The molecular formula is C24H22FN3O2S. The standard InChI is InChI=1S/C24H22FN3O2S/c1-14-7-8-15-5-4-6-21(22(15)26-14)31-27-23(29)20-13-17-18(25)11-16(12-19(17)30-20)28-10-9-24(28,2)3/h4-8,11-13H,9-10H2,1-3H3,(H,27,29). The molecule has 4 aromatic rings. The van der Waals surface area contributed by atoms with Crippen LogP contribution in [0.5, 0.6) is 0 Å². The normalized spacial score (nSPS) is 15.3. The number of halogens is 1. The largest absolute Gasteiger partial charge is 0.451 e. The third-order valence-corrected chi connectivity index (χ3v) is 6.70. The van der Waals surface area contributed by atoms with E-state index in [2.05, 4.69) is 28.5 Å². The summed E-state index contributed by atoms with van der Waals surface area (Å²) in [7, 11) is 0. The Hall–Kier alpha value is -3.06. The highest BCUT2D eigenvalue weighted by molar-refractivity contribution is 7.98. The number of carbonyl (C=O) groups is 1. The highest BCUT2D eigenvalue weighted by Gasteiger charge is 2.36. The Labute approximate surface area is 183 Å². The topological polar surface area (TPSA) is 58.4 Å². The molecule has 1 saturated heterocycles. The molecule has 0 spiro atoms. The van der Waals surface area contributed by atoms with Crippen LogP contribution in [0.25, 0.3) is 21.9 Å². The molecular weight excluding hydrogens is 413 g/mol. The lowest BCUT2D eigenvalue weighted by Crippen LogP contribution is -2.56. The summed E-state index contributed by atoms with van der Waals surface area (Å²) < 4.78 is 23.2. The predicted octanol–water partition coefficient (Wildman–Crippen LogP) is 5.85. The van der Waals surface area contributed by atoms with E-state index in [-0.39, 0.29) is 17.1 Å². The third kappa shape index (κ3) is 3.53. The van der Waals surface area contributed by atoms with Gasteiger partial charge in [-0.1, -0.05) is 18.2 Å². The van der Waals surface area contributed by atoms with Crippen molar-refractivity contribution < 1.29 is 13.6 Å². The average Bonchev–Trinajstić information content (AvgIpc) is 3.16. The summed E-state index contributed by atoms with van der Waals surface area (Å²) in [6, 6.07) is 14.5. The lowest BCUT2D eigenvalue weighted by molar-refractivity contribution is 0.0959. The molecule has 158 valence electrons. The molecule has 0 radical (unpaired) electrons. The number of nitrogens with one attached hydrogen (secondary N) is 1. The molecule has 1 aliphatic heterocycles. The van der Waals surface area contributed by atoms with E-state index in [1.165, 1.54) is 24.1 Å². The quantitative estimate of drug-likeness (QED) is 0.407. The molecule has 0 saturated carbocycles. The van der Waals surface area contributed by atoms with Crippen molar-refractivity contribution in [2.45, 2.75) is 37.6 Å². The van der Waals surface area contributed by atoms with Crippen molar-refractivity contribution in [2.24, 2.45) is 0 Å². The molecule has 5 rings (SSSR count). The maximum atomic E-state index is 14.7. The number of hydrogen-bond acceptors (Lipinski definition) is 5. The van der Waals surface area contributed by atoms with E-state index in [1.807, 2.05) is 37.3 Å². The zero-order valence-corrected chi connectivity index (χ0v) is 18.3. The van der Waals surface area contributed by atoms with Crippen LogP contribution in [0.4, 0.5) is 10.1 Å². The molecule has 7 heteroatoms. The van der Waals surface area contributed by atoms with Crippen LogP contribution < -0.4 is 9.62 Å². The molecule has 0 aliphatic carbocycles. The first-order valence-corrected chi connectivity index (χ1v) is 11.0. The molecule has 1 N–H and O–H groups in total. The molecule has 31 heavy (non-hydrogen) atoms. The third-order valence-electron chi connectivity index (χ3n) is 5.86. The lowest BCUT2D eigenvalue weighted by Gasteiger charge is -2.50. The van der Waals surface area contributed by atoms with Gasteiger partial charge in [0.05, 0.1) is 15.8 Å². The van der Waals surface area contributed by atoms with Crippen molar-refractivity contribution in [1.29, 1.82) is 0 Å². The van der Waals surface area contributed by atoms with Crippen molar-refractivity contribution in [2.75, 3.05) is 11.4 Å². The molecule has 2 aromatic carbocycles. The number of anilines is 1. The Kier molecular flexibility index (Phi) is 4.66. The number of hydrogen-bond donors (Lipinski definition) is 1. The summed E-state index contributed by atoms with van der Waals surface area (Å²) >= 11 is 1.17. The molecule has 0 atom stereocenters. The number of pyridine rings is 1. The molecule has 2 aromatic heterocycles. The fourth-order valence-corrected chi connectivity index (χ4v) is 4.66. The Morgan fingerprint density at radius 1 is 1.23 bits per heavy atom. The number of aryl methyl sites for hydroxylation is 1. The van der Waals surface area contributed by atoms with Gasteiger partial charge < -0.3 is 9.32 Å². The monoisotopic (exact) mass is 435 g/mol. The van der Waals surface area contributed by atoms with Crippen molar-refractivity contribution in [3.63, 3.8) is 0 Å². The summed E-state index contributed by atoms with van der Waals surface area (Å²) in [5.41, 5.74) is 2.87. The first-order chi connectivity index (χ1) is 14.8. The van der Waals surface area contributed by atoms with E-state index in [0.717, 1.165) is 40.1 Å². The Morgan fingerprint density at radius 3 is 2.81 bits per heavy atom. The second-order valence-corrected chi connectivity index (χ2v) is 9.33. The van der Waals surface area contributed by atoms with Gasteiger partial charge in [-0.2, -0.15) is 0 Å². The summed E-state index contributed by atoms with van der Waals surface area (Å²) in [5.74, 6) is -0.735. The number of para-hydroxylation sites is 1. The van der Waals surface area contributed by atoms with Gasteiger partial charge in [0.2, 0.25) is 0 Å². The summed E-state index contributed by atoms with van der Waals surface area (Å²) in [4.78, 5) is 20.3. The van der Waals surface area contributed by atoms with Crippen molar-refractivity contribution in [1.82, 2.24) is 9.71 Å². The average molecular weight is 436 g/mol. The van der Waals surface area contributed by atoms with Crippen molar-refractivity contribution in [3.05, 3.63) is 65.8 Å². The number of rotatable bonds is 4. The fourth-order valence-electron chi connectivity index (χ4n) is 3.95. The van der Waals surface area contributed by atoms with E-state index in [1.54, 1.807) is 6.07 Å². The minimum absolute atomic E-state index is 0.00555. The number of aromatic nitrogens is 1. The van der Waals surface area contributed by atoms with Crippen LogP contribution in [-0.2, 0) is 0 Å². The van der Waals surface area contributed by atoms with Crippen LogP contribution >= 0.6 is 11.9 Å². The van der Waals surface area contributed by atoms with Crippen LogP contribution in [0.2, 0.25) is 0 Å². The van der Waals surface area contributed by atoms with E-state index < -0.39 is 5.91 Å². The summed E-state index contributed by atoms with van der Waals surface area (Å²) in [6.07, 6.45) is 1.05. The second-order valence-electron chi connectivity index (χ2n) is 8.48. The van der Waals surface area contributed by atoms with Gasteiger partial charge in [-0.25, -0.2) is 4.39 Å². The smallest absolute Gasteiger partial charge is 0.297 e. The van der Waals surface area contributed by atoms with Gasteiger partial charge in [0.1, 0.15) is 11.4 Å². The predicted molar refractivity (Wildman–Crippen MR) is 122 cm³/mol. The molecule has 1 fully saturated rings. The van der Waals surface area contributed by atoms with Gasteiger partial charge in [0, 0.05) is 41.0 Å². The van der Waals surface area contributed by atoms with Crippen LogP contribution in [0, 0.1) is 12.7 Å². The van der Waals surface area contributed by atoms with Gasteiger partial charge in [0.15, 0.2) is 5.76 Å². The first kappa shape index (κ1) is 19.9. The van der Waals surface area contributed by atoms with Gasteiger partial charge in [-0.3, -0.25) is 14.5 Å². The van der Waals surface area contributed by atoms with Crippen LogP contribution in [0.15, 0.2) is 57.8 Å². The van der Waals surface area contributed by atoms with Crippen LogP contribution in [0.3, 0.4) is 0 Å². The molecule has 3 heterocycles. The molecule has 1 aliphatic rings. The van der Waals surface area contributed by atoms with Gasteiger partial charge >= 0.3 is 0 Å². The van der Waals surface area contributed by atoms with Gasteiger partial charge in [-0.15, -0.1) is 0 Å². The zero-order chi connectivity index (χ0) is 21.8. The zero-order valence-electron chi connectivity index (χ0n) is 17.5. The van der Waals surface area contributed by atoms with Gasteiger partial charge in [0.25, 0.3) is 5.91 Å². The Bertz CT molecular complexity index is 1330. The number of nitrogens with zero attached hydrogens (tertiary/aromatic N) is 2. The maximum absolute atomic E-state index is 14.7. The van der Waals surface area contributed by atoms with Crippen molar-refractivity contribution in [3.8, 4) is 0 Å². The number of carbonyl (C=O) groups excluding carboxylic acids is 1. The van der Waals surface area contributed by atoms with E-state index in [0.29, 0.717) is 11.0 Å². The van der Waals surface area contributed by atoms with Crippen LogP contribution in [-0.4, -0.2) is 23.0 Å². The molecule has 0 unspecified atom stereocenters. The van der Waals surface area contributed by atoms with Gasteiger partial charge in [-0.05, 0) is 57.3 Å². The number of amides is 1. The minimum Gasteiger partial charge on any atom is -0.451 e. The summed E-state index contributed by atoms with van der Waals surface area (Å²) in [6.45, 7) is 7.06. The Balaban J connectivity index is 1.39. The number of fused-ring (bicyclic) bond motifs is 2. The number of benzene rings is 2. The lowest BCUT2D eigenvalue weighted by atomic mass is 9.88. The SMILES string of the molecule is Cc1ccc2cccc(SNC(=O)c3cc4c(F)cc(N5CCC5(C)C)cc4o3)c2n1. The highest BCUT2D eigenvalue weighted by atomic mass is 32.2. The molecule has 5 nitrogen and oxygen atoms in total. The molecule has 1 amide bonds. The second kappa shape index (κ2) is 7.27.